The van der Waals surface area contributed by atoms with Crippen LogP contribution in [0.4, 0.5) is 4.39 Å². The minimum atomic E-state index is -0.247. The second kappa shape index (κ2) is 7.43. The topological polar surface area (TPSA) is 30.5 Å². The van der Waals surface area contributed by atoms with Gasteiger partial charge in [-0.15, -0.1) is 0 Å². The molecule has 0 aliphatic heterocycles. The van der Waals surface area contributed by atoms with Crippen LogP contribution in [0.1, 0.15) is 11.1 Å². The number of hydrogen-bond acceptors (Lipinski definition) is 3. The molecule has 0 aliphatic rings. The van der Waals surface area contributed by atoms with E-state index >= 15 is 0 Å². The van der Waals surface area contributed by atoms with Gasteiger partial charge in [0.2, 0.25) is 0 Å². The quantitative estimate of drug-likeness (QED) is 0.854. The van der Waals surface area contributed by atoms with Crippen molar-refractivity contribution in [1.29, 1.82) is 0 Å². The zero-order chi connectivity index (χ0) is 15.2. The van der Waals surface area contributed by atoms with Gasteiger partial charge in [0, 0.05) is 29.2 Å². The van der Waals surface area contributed by atoms with Gasteiger partial charge in [0.15, 0.2) is 0 Å². The molecule has 0 atom stereocenters. The lowest BCUT2D eigenvalue weighted by Crippen LogP contribution is -2.13. The number of benzene rings is 2. The Labute approximate surface area is 132 Å². The standard InChI is InChI=1S/C16H17BrFNO2/c1-20-15-4-3-12(16(8-15)21-2)10-19-9-11-5-13(17)7-14(18)6-11/h3-8,19H,9-10H2,1-2H3. The summed E-state index contributed by atoms with van der Waals surface area (Å²) in [4.78, 5) is 0. The first kappa shape index (κ1) is 15.8. The van der Waals surface area contributed by atoms with Crippen LogP contribution in [-0.4, -0.2) is 14.2 Å². The lowest BCUT2D eigenvalue weighted by Gasteiger charge is -2.11. The van der Waals surface area contributed by atoms with Crippen molar-refractivity contribution in [3.63, 3.8) is 0 Å². The predicted molar refractivity (Wildman–Crippen MR) is 84.2 cm³/mol. The summed E-state index contributed by atoms with van der Waals surface area (Å²) in [6.45, 7) is 1.20. The van der Waals surface area contributed by atoms with Gasteiger partial charge in [-0.3, -0.25) is 0 Å². The number of rotatable bonds is 6. The van der Waals surface area contributed by atoms with Crippen molar-refractivity contribution in [3.8, 4) is 11.5 Å². The molecule has 0 amide bonds. The summed E-state index contributed by atoms with van der Waals surface area (Å²) < 4.78 is 24.5. The Morgan fingerprint density at radius 1 is 1.05 bits per heavy atom. The third-order valence-electron chi connectivity index (χ3n) is 3.06. The smallest absolute Gasteiger partial charge is 0.127 e. The van der Waals surface area contributed by atoms with E-state index in [1.54, 1.807) is 14.2 Å². The summed E-state index contributed by atoms with van der Waals surface area (Å²) in [7, 11) is 3.25. The third-order valence-corrected chi connectivity index (χ3v) is 3.52. The Hall–Kier alpha value is -1.59. The van der Waals surface area contributed by atoms with Crippen LogP contribution in [0.5, 0.6) is 11.5 Å². The van der Waals surface area contributed by atoms with Crippen LogP contribution in [0.15, 0.2) is 40.9 Å². The molecule has 2 rings (SSSR count). The van der Waals surface area contributed by atoms with Gasteiger partial charge in [0.25, 0.3) is 0 Å². The fourth-order valence-corrected chi connectivity index (χ4v) is 2.57. The molecular formula is C16H17BrFNO2. The van der Waals surface area contributed by atoms with Gasteiger partial charge in [-0.2, -0.15) is 0 Å². The second-order valence-corrected chi connectivity index (χ2v) is 5.47. The number of methoxy groups -OCH3 is 2. The van der Waals surface area contributed by atoms with Gasteiger partial charge < -0.3 is 14.8 Å². The number of ether oxygens (including phenoxy) is 2. The maximum Gasteiger partial charge on any atom is 0.127 e. The molecule has 0 radical (unpaired) electrons. The molecule has 0 heterocycles. The number of halogens is 2. The maximum atomic E-state index is 13.3. The molecule has 0 saturated carbocycles. The van der Waals surface area contributed by atoms with Crippen LogP contribution in [0.3, 0.4) is 0 Å². The molecule has 0 bridgehead atoms. The molecule has 2 aromatic carbocycles. The molecule has 112 valence electrons. The molecule has 2 aromatic rings. The summed E-state index contributed by atoms with van der Waals surface area (Å²) in [6.07, 6.45) is 0. The highest BCUT2D eigenvalue weighted by Crippen LogP contribution is 2.24. The fraction of sp³-hybridized carbons (Fsp3) is 0.250. The zero-order valence-electron chi connectivity index (χ0n) is 12.0. The molecule has 0 unspecified atom stereocenters. The lowest BCUT2D eigenvalue weighted by atomic mass is 10.1. The molecule has 3 nitrogen and oxygen atoms in total. The van der Waals surface area contributed by atoms with Crippen LogP contribution < -0.4 is 14.8 Å². The molecule has 0 aromatic heterocycles. The van der Waals surface area contributed by atoms with E-state index in [1.165, 1.54) is 12.1 Å². The molecule has 21 heavy (non-hydrogen) atoms. The summed E-state index contributed by atoms with van der Waals surface area (Å²) in [6, 6.07) is 10.5. The molecule has 0 aliphatic carbocycles. The highest BCUT2D eigenvalue weighted by atomic mass is 79.9. The maximum absolute atomic E-state index is 13.3. The van der Waals surface area contributed by atoms with Crippen molar-refractivity contribution in [2.45, 2.75) is 13.1 Å². The van der Waals surface area contributed by atoms with E-state index in [0.29, 0.717) is 13.1 Å². The lowest BCUT2D eigenvalue weighted by molar-refractivity contribution is 0.390. The number of nitrogens with one attached hydrogen (secondary N) is 1. The largest absolute Gasteiger partial charge is 0.497 e. The van der Waals surface area contributed by atoms with Gasteiger partial charge in [0.1, 0.15) is 17.3 Å². The van der Waals surface area contributed by atoms with Crippen LogP contribution in [0.2, 0.25) is 0 Å². The molecule has 0 fully saturated rings. The first-order chi connectivity index (χ1) is 10.1. The normalized spacial score (nSPS) is 10.5. The fourth-order valence-electron chi connectivity index (χ4n) is 2.05. The van der Waals surface area contributed by atoms with Gasteiger partial charge in [-0.05, 0) is 29.8 Å². The average Bonchev–Trinajstić information content (AvgIpc) is 2.46. The summed E-state index contributed by atoms with van der Waals surface area (Å²) in [5, 5.41) is 3.28. The predicted octanol–water partition coefficient (Wildman–Crippen LogP) is 3.90. The van der Waals surface area contributed by atoms with Crippen LogP contribution >= 0.6 is 15.9 Å². The van der Waals surface area contributed by atoms with E-state index in [4.69, 9.17) is 9.47 Å². The van der Waals surface area contributed by atoms with E-state index in [1.807, 2.05) is 24.3 Å². The summed E-state index contributed by atoms with van der Waals surface area (Å²) in [5.41, 5.74) is 1.91. The average molecular weight is 354 g/mol. The molecule has 0 spiro atoms. The van der Waals surface area contributed by atoms with Gasteiger partial charge >= 0.3 is 0 Å². The van der Waals surface area contributed by atoms with Crippen molar-refractivity contribution in [2.75, 3.05) is 14.2 Å². The van der Waals surface area contributed by atoms with Crippen molar-refractivity contribution in [1.82, 2.24) is 5.32 Å². The van der Waals surface area contributed by atoms with Gasteiger partial charge in [-0.1, -0.05) is 22.0 Å². The van der Waals surface area contributed by atoms with E-state index in [0.717, 1.165) is 27.1 Å². The van der Waals surface area contributed by atoms with E-state index in [2.05, 4.69) is 21.2 Å². The molecular weight excluding hydrogens is 337 g/mol. The highest BCUT2D eigenvalue weighted by molar-refractivity contribution is 9.10. The van der Waals surface area contributed by atoms with Crippen molar-refractivity contribution < 1.29 is 13.9 Å². The minimum Gasteiger partial charge on any atom is -0.497 e. The van der Waals surface area contributed by atoms with E-state index < -0.39 is 0 Å². The van der Waals surface area contributed by atoms with Crippen molar-refractivity contribution >= 4 is 15.9 Å². The van der Waals surface area contributed by atoms with Gasteiger partial charge in [0.05, 0.1) is 14.2 Å². The first-order valence-electron chi connectivity index (χ1n) is 6.49. The van der Waals surface area contributed by atoms with Crippen LogP contribution in [0, 0.1) is 5.82 Å². The Kier molecular flexibility index (Phi) is 5.59. The van der Waals surface area contributed by atoms with E-state index in [-0.39, 0.29) is 5.82 Å². The first-order valence-corrected chi connectivity index (χ1v) is 7.28. The molecule has 0 saturated heterocycles. The monoisotopic (exact) mass is 353 g/mol. The van der Waals surface area contributed by atoms with Gasteiger partial charge in [-0.25, -0.2) is 4.39 Å². The second-order valence-electron chi connectivity index (χ2n) is 4.56. The number of hydrogen-bond donors (Lipinski definition) is 1. The Morgan fingerprint density at radius 2 is 1.86 bits per heavy atom. The van der Waals surface area contributed by atoms with Crippen LogP contribution in [-0.2, 0) is 13.1 Å². The Morgan fingerprint density at radius 3 is 2.52 bits per heavy atom. The van der Waals surface area contributed by atoms with E-state index in [9.17, 15) is 4.39 Å². The highest BCUT2D eigenvalue weighted by Gasteiger charge is 2.05. The molecule has 1 N–H and O–H groups in total. The van der Waals surface area contributed by atoms with Crippen LogP contribution in [0.25, 0.3) is 0 Å². The SMILES string of the molecule is COc1ccc(CNCc2cc(F)cc(Br)c2)c(OC)c1. The third kappa shape index (κ3) is 4.44. The van der Waals surface area contributed by atoms with Crippen molar-refractivity contribution in [3.05, 3.63) is 57.8 Å². The Balaban J connectivity index is 1.99. The Bertz CT molecular complexity index is 599. The minimum absolute atomic E-state index is 0.247. The van der Waals surface area contributed by atoms with Crippen molar-refractivity contribution in [2.24, 2.45) is 0 Å². The summed E-state index contributed by atoms with van der Waals surface area (Å²) >= 11 is 3.29. The summed E-state index contributed by atoms with van der Waals surface area (Å²) in [5.74, 6) is 1.27. The zero-order valence-corrected chi connectivity index (χ0v) is 13.5. The molecule has 5 heteroatoms.